The number of carbonyl (C=O) groups is 2. The van der Waals surface area contributed by atoms with Crippen LogP contribution in [0.3, 0.4) is 0 Å². The smallest absolute Gasteiger partial charge is 0.225 e. The van der Waals surface area contributed by atoms with Crippen LogP contribution in [0.25, 0.3) is 0 Å². The summed E-state index contributed by atoms with van der Waals surface area (Å²) < 4.78 is 0. The molecule has 0 aromatic carbocycles. The molecule has 0 aliphatic carbocycles. The van der Waals surface area contributed by atoms with Crippen molar-refractivity contribution >= 4 is 11.8 Å². The van der Waals surface area contributed by atoms with Gasteiger partial charge in [0.05, 0.1) is 5.92 Å². The fourth-order valence-electron chi connectivity index (χ4n) is 1.54. The molecule has 0 saturated carbocycles. The second-order valence-electron chi connectivity index (χ2n) is 3.70. The van der Waals surface area contributed by atoms with Crippen LogP contribution in [0.2, 0.25) is 0 Å². The lowest BCUT2D eigenvalue weighted by molar-refractivity contribution is -0.126. The van der Waals surface area contributed by atoms with Crippen LogP contribution in [0, 0.1) is 5.92 Å². The third-order valence-electron chi connectivity index (χ3n) is 2.43. The zero-order chi connectivity index (χ0) is 11.1. The van der Waals surface area contributed by atoms with Crippen LogP contribution in [0.15, 0.2) is 0 Å². The van der Waals surface area contributed by atoms with Crippen LogP contribution in [0.5, 0.6) is 0 Å². The van der Waals surface area contributed by atoms with Crippen molar-refractivity contribution in [1.29, 1.82) is 0 Å². The number of hydrogen-bond acceptors (Lipinski definition) is 3. The van der Waals surface area contributed by atoms with Gasteiger partial charge in [0.15, 0.2) is 0 Å². The zero-order valence-corrected chi connectivity index (χ0v) is 9.14. The predicted octanol–water partition coefficient (Wildman–Crippen LogP) is -0.762. The summed E-state index contributed by atoms with van der Waals surface area (Å²) in [7, 11) is 0. The number of nitrogens with one attached hydrogen (secondary N) is 3. The standard InChI is InChI=1S/C10H19N3O2/c1-2-11-4-3-5-12-10(15)8-6-9(14)13-7-8/h8,11H,2-7H2,1H3,(H,12,15)(H,13,14). The maximum absolute atomic E-state index is 11.5. The van der Waals surface area contributed by atoms with Gasteiger partial charge in [-0.1, -0.05) is 6.92 Å². The summed E-state index contributed by atoms with van der Waals surface area (Å²) >= 11 is 0. The maximum Gasteiger partial charge on any atom is 0.225 e. The summed E-state index contributed by atoms with van der Waals surface area (Å²) in [4.78, 5) is 22.4. The van der Waals surface area contributed by atoms with E-state index in [1.165, 1.54) is 0 Å². The molecule has 5 nitrogen and oxygen atoms in total. The molecular weight excluding hydrogens is 194 g/mol. The van der Waals surface area contributed by atoms with Crippen molar-refractivity contribution in [3.8, 4) is 0 Å². The number of rotatable bonds is 6. The van der Waals surface area contributed by atoms with E-state index in [-0.39, 0.29) is 17.7 Å². The SMILES string of the molecule is CCNCCCNC(=O)C1CNC(=O)C1. The molecule has 1 aliphatic heterocycles. The van der Waals surface area contributed by atoms with Gasteiger partial charge in [-0.25, -0.2) is 0 Å². The third kappa shape index (κ3) is 4.29. The molecule has 1 atom stereocenters. The molecule has 15 heavy (non-hydrogen) atoms. The molecule has 1 saturated heterocycles. The molecule has 0 spiro atoms. The van der Waals surface area contributed by atoms with E-state index < -0.39 is 0 Å². The van der Waals surface area contributed by atoms with Crippen molar-refractivity contribution < 1.29 is 9.59 Å². The van der Waals surface area contributed by atoms with Crippen LogP contribution < -0.4 is 16.0 Å². The van der Waals surface area contributed by atoms with Gasteiger partial charge in [-0.2, -0.15) is 0 Å². The number of carbonyl (C=O) groups excluding carboxylic acids is 2. The van der Waals surface area contributed by atoms with Gasteiger partial charge in [0.25, 0.3) is 0 Å². The topological polar surface area (TPSA) is 70.2 Å². The Morgan fingerprint density at radius 1 is 1.53 bits per heavy atom. The van der Waals surface area contributed by atoms with Crippen molar-refractivity contribution in [3.05, 3.63) is 0 Å². The summed E-state index contributed by atoms with van der Waals surface area (Å²) in [6.07, 6.45) is 1.26. The molecule has 0 bridgehead atoms. The second-order valence-corrected chi connectivity index (χ2v) is 3.70. The fourth-order valence-corrected chi connectivity index (χ4v) is 1.54. The second kappa shape index (κ2) is 6.40. The largest absolute Gasteiger partial charge is 0.356 e. The van der Waals surface area contributed by atoms with Gasteiger partial charge in [0, 0.05) is 19.5 Å². The van der Waals surface area contributed by atoms with E-state index in [0.29, 0.717) is 19.5 Å². The maximum atomic E-state index is 11.5. The van der Waals surface area contributed by atoms with Gasteiger partial charge in [-0.15, -0.1) is 0 Å². The quantitative estimate of drug-likeness (QED) is 0.508. The normalized spacial score (nSPS) is 20.1. The molecule has 1 aliphatic rings. The molecule has 1 heterocycles. The van der Waals surface area contributed by atoms with Crippen molar-refractivity contribution in [2.24, 2.45) is 5.92 Å². The van der Waals surface area contributed by atoms with Gasteiger partial charge >= 0.3 is 0 Å². The van der Waals surface area contributed by atoms with E-state index in [0.717, 1.165) is 19.5 Å². The van der Waals surface area contributed by atoms with Crippen LogP contribution in [-0.4, -0.2) is 38.0 Å². The Kier molecular flexibility index (Phi) is 5.10. The van der Waals surface area contributed by atoms with Gasteiger partial charge in [0.1, 0.15) is 0 Å². The van der Waals surface area contributed by atoms with Crippen molar-refractivity contribution in [3.63, 3.8) is 0 Å². The lowest BCUT2D eigenvalue weighted by Crippen LogP contribution is -2.33. The highest BCUT2D eigenvalue weighted by Crippen LogP contribution is 2.08. The fraction of sp³-hybridized carbons (Fsp3) is 0.800. The first-order valence-electron chi connectivity index (χ1n) is 5.49. The molecule has 5 heteroatoms. The monoisotopic (exact) mass is 213 g/mol. The van der Waals surface area contributed by atoms with E-state index in [2.05, 4.69) is 16.0 Å². The Morgan fingerprint density at radius 2 is 2.33 bits per heavy atom. The number of hydrogen-bond donors (Lipinski definition) is 3. The first-order valence-corrected chi connectivity index (χ1v) is 5.49. The third-order valence-corrected chi connectivity index (χ3v) is 2.43. The molecule has 1 unspecified atom stereocenters. The summed E-state index contributed by atoms with van der Waals surface area (Å²) in [6, 6.07) is 0. The first-order chi connectivity index (χ1) is 7.24. The van der Waals surface area contributed by atoms with Crippen LogP contribution in [0.4, 0.5) is 0 Å². The average Bonchev–Trinajstić information content (AvgIpc) is 2.64. The van der Waals surface area contributed by atoms with Crippen molar-refractivity contribution in [2.45, 2.75) is 19.8 Å². The lowest BCUT2D eigenvalue weighted by atomic mass is 10.1. The van der Waals surface area contributed by atoms with Crippen molar-refractivity contribution in [1.82, 2.24) is 16.0 Å². The van der Waals surface area contributed by atoms with Gasteiger partial charge in [-0.05, 0) is 19.5 Å². The van der Waals surface area contributed by atoms with E-state index in [1.807, 2.05) is 6.92 Å². The number of amides is 2. The Balaban J connectivity index is 2.06. The molecule has 0 aromatic heterocycles. The van der Waals surface area contributed by atoms with Crippen LogP contribution >= 0.6 is 0 Å². The molecule has 3 N–H and O–H groups in total. The first kappa shape index (κ1) is 12.0. The van der Waals surface area contributed by atoms with E-state index >= 15 is 0 Å². The zero-order valence-electron chi connectivity index (χ0n) is 9.14. The molecule has 1 fully saturated rings. The van der Waals surface area contributed by atoms with Crippen LogP contribution in [-0.2, 0) is 9.59 Å². The molecular formula is C10H19N3O2. The molecule has 2 amide bonds. The summed E-state index contributed by atoms with van der Waals surface area (Å²) in [6.45, 7) is 5.08. The molecule has 1 rings (SSSR count). The Bertz CT molecular complexity index is 231. The minimum atomic E-state index is -0.170. The molecule has 0 aromatic rings. The van der Waals surface area contributed by atoms with E-state index in [9.17, 15) is 9.59 Å². The van der Waals surface area contributed by atoms with Crippen molar-refractivity contribution in [2.75, 3.05) is 26.2 Å². The Morgan fingerprint density at radius 3 is 2.93 bits per heavy atom. The van der Waals surface area contributed by atoms with Gasteiger partial charge < -0.3 is 16.0 Å². The van der Waals surface area contributed by atoms with E-state index in [4.69, 9.17) is 0 Å². The Labute approximate surface area is 90.0 Å². The van der Waals surface area contributed by atoms with Crippen LogP contribution in [0.1, 0.15) is 19.8 Å². The van der Waals surface area contributed by atoms with Gasteiger partial charge in [0.2, 0.25) is 11.8 Å². The summed E-state index contributed by atoms with van der Waals surface area (Å²) in [5, 5.41) is 8.66. The summed E-state index contributed by atoms with van der Waals surface area (Å²) in [5.74, 6) is -0.204. The molecule has 86 valence electrons. The highest BCUT2D eigenvalue weighted by Gasteiger charge is 2.27. The highest BCUT2D eigenvalue weighted by atomic mass is 16.2. The summed E-state index contributed by atoms with van der Waals surface area (Å²) in [5.41, 5.74) is 0. The highest BCUT2D eigenvalue weighted by molar-refractivity contribution is 5.89. The lowest BCUT2D eigenvalue weighted by Gasteiger charge is -2.08. The molecule has 0 radical (unpaired) electrons. The Hall–Kier alpha value is -1.10. The minimum Gasteiger partial charge on any atom is -0.356 e. The van der Waals surface area contributed by atoms with E-state index in [1.54, 1.807) is 0 Å². The van der Waals surface area contributed by atoms with Gasteiger partial charge in [-0.3, -0.25) is 9.59 Å². The minimum absolute atomic E-state index is 0.00940. The average molecular weight is 213 g/mol. The predicted molar refractivity (Wildman–Crippen MR) is 57.3 cm³/mol.